The number of hydrogen-bond donors (Lipinski definition) is 2. The molecule has 1 unspecified atom stereocenters. The number of carbonyl (C=O) groups excluding carboxylic acids is 1. The molecule has 0 aliphatic rings. The molecule has 1 atom stereocenters. The van der Waals surface area contributed by atoms with Gasteiger partial charge >= 0.3 is 6.18 Å². The van der Waals surface area contributed by atoms with E-state index in [2.05, 4.69) is 15.5 Å². The van der Waals surface area contributed by atoms with Crippen LogP contribution in [0.25, 0.3) is 0 Å². The van der Waals surface area contributed by atoms with Crippen molar-refractivity contribution in [1.82, 2.24) is 10.2 Å². The Balaban J connectivity index is 2.09. The molecule has 0 aliphatic heterocycles. The second-order valence-corrected chi connectivity index (χ2v) is 9.92. The van der Waals surface area contributed by atoms with Gasteiger partial charge in [-0.1, -0.05) is 29.3 Å². The van der Waals surface area contributed by atoms with E-state index in [0.717, 1.165) is 19.1 Å². The number of ether oxygens (including phenoxy) is 1. The van der Waals surface area contributed by atoms with E-state index in [1.807, 2.05) is 0 Å². The number of hydrogen-bond acceptors (Lipinski definition) is 6. The molecule has 3 aromatic rings. The quantitative estimate of drug-likeness (QED) is 0.292. The van der Waals surface area contributed by atoms with Gasteiger partial charge in [0.15, 0.2) is 5.69 Å². The van der Waals surface area contributed by atoms with E-state index >= 15 is 0 Å². The minimum absolute atomic E-state index is 0.0561. The molecule has 14 heteroatoms. The lowest BCUT2D eigenvalue weighted by atomic mass is 10.1. The summed E-state index contributed by atoms with van der Waals surface area (Å²) in [5.74, 6) is -2.99. The van der Waals surface area contributed by atoms with Gasteiger partial charge in [-0.05, 0) is 30.7 Å². The van der Waals surface area contributed by atoms with Crippen molar-refractivity contribution in [3.05, 3.63) is 69.1 Å². The summed E-state index contributed by atoms with van der Waals surface area (Å²) in [7, 11) is -3.13. The van der Waals surface area contributed by atoms with Crippen LogP contribution in [0.15, 0.2) is 41.3 Å². The van der Waals surface area contributed by atoms with Gasteiger partial charge in [0, 0.05) is 29.0 Å². The molecule has 0 spiro atoms. The van der Waals surface area contributed by atoms with Crippen molar-refractivity contribution in [3.63, 3.8) is 0 Å². The third kappa shape index (κ3) is 5.57. The maximum Gasteiger partial charge on any atom is 0.435 e. The molecular formula is C20H14Cl2F4N4O3S. The monoisotopic (exact) mass is 536 g/mol. The van der Waals surface area contributed by atoms with Crippen LogP contribution in [0.5, 0.6) is 11.6 Å². The highest BCUT2D eigenvalue weighted by atomic mass is 35.5. The summed E-state index contributed by atoms with van der Waals surface area (Å²) in [6.07, 6.45) is -3.76. The Bertz CT molecular complexity index is 1380. The fraction of sp³-hybridized carbons (Fsp3) is 0.150. The van der Waals surface area contributed by atoms with E-state index in [0.29, 0.717) is 0 Å². The summed E-state index contributed by atoms with van der Waals surface area (Å²) in [5, 5.41) is 8.21. The smallest absolute Gasteiger partial charge is 0.435 e. The van der Waals surface area contributed by atoms with Crippen molar-refractivity contribution in [2.24, 2.45) is 0 Å². The molecule has 0 fully saturated rings. The minimum atomic E-state index is -4.93. The SMILES string of the molecule is Cc1c(C(F)(F)F)nnc(Oc2cc(F)c(Cl)c(Cl)c2)c1C(=O)Nc1cccc(S(C)(=N)=O)c1. The molecule has 0 saturated heterocycles. The van der Waals surface area contributed by atoms with Crippen molar-refractivity contribution in [2.75, 3.05) is 11.6 Å². The Morgan fingerprint density at radius 1 is 1.18 bits per heavy atom. The second kappa shape index (κ2) is 9.35. The van der Waals surface area contributed by atoms with E-state index in [1.54, 1.807) is 0 Å². The molecule has 0 aliphatic carbocycles. The third-order valence-corrected chi connectivity index (χ3v) is 6.33. The van der Waals surface area contributed by atoms with Crippen LogP contribution in [0.2, 0.25) is 10.0 Å². The van der Waals surface area contributed by atoms with Gasteiger partial charge in [0.05, 0.1) is 19.8 Å². The van der Waals surface area contributed by atoms with Crippen LogP contribution in [-0.4, -0.2) is 26.6 Å². The fourth-order valence-electron chi connectivity index (χ4n) is 2.82. The Morgan fingerprint density at radius 2 is 1.85 bits per heavy atom. The maximum atomic E-state index is 13.9. The van der Waals surface area contributed by atoms with E-state index in [1.165, 1.54) is 30.5 Å². The van der Waals surface area contributed by atoms with Crippen molar-refractivity contribution >= 4 is 44.5 Å². The van der Waals surface area contributed by atoms with E-state index in [4.69, 9.17) is 32.7 Å². The van der Waals surface area contributed by atoms with Gasteiger partial charge in [0.2, 0.25) is 0 Å². The molecule has 3 rings (SSSR count). The first kappa shape index (κ1) is 25.7. The first-order valence-corrected chi connectivity index (χ1v) is 11.8. The Labute approximate surface area is 201 Å². The van der Waals surface area contributed by atoms with Crippen LogP contribution >= 0.6 is 23.2 Å². The van der Waals surface area contributed by atoms with Crippen molar-refractivity contribution in [3.8, 4) is 11.6 Å². The Kier molecular flexibility index (Phi) is 7.06. The number of anilines is 1. The average molecular weight is 537 g/mol. The number of benzene rings is 2. The Morgan fingerprint density at radius 3 is 2.44 bits per heavy atom. The highest BCUT2D eigenvalue weighted by Gasteiger charge is 2.38. The topological polar surface area (TPSA) is 105 Å². The molecule has 1 heterocycles. The Hall–Kier alpha value is -2.96. The summed E-state index contributed by atoms with van der Waals surface area (Å²) < 4.78 is 79.1. The number of carbonyl (C=O) groups is 1. The molecule has 2 N–H and O–H groups in total. The van der Waals surface area contributed by atoms with Crippen LogP contribution in [-0.2, 0) is 15.9 Å². The van der Waals surface area contributed by atoms with E-state index < -0.39 is 55.4 Å². The normalized spacial score (nSPS) is 13.3. The number of aromatic nitrogens is 2. The van der Waals surface area contributed by atoms with Crippen molar-refractivity contribution in [2.45, 2.75) is 18.0 Å². The summed E-state index contributed by atoms with van der Waals surface area (Å²) in [4.78, 5) is 13.1. The highest BCUT2D eigenvalue weighted by Crippen LogP contribution is 2.36. The fourth-order valence-corrected chi connectivity index (χ4v) is 3.82. The summed E-state index contributed by atoms with van der Waals surface area (Å²) in [6.45, 7) is 0.994. The van der Waals surface area contributed by atoms with Crippen molar-refractivity contribution in [1.29, 1.82) is 4.78 Å². The van der Waals surface area contributed by atoms with Gasteiger partial charge < -0.3 is 10.1 Å². The zero-order valence-corrected chi connectivity index (χ0v) is 19.6. The number of alkyl halides is 3. The molecule has 1 aromatic heterocycles. The molecule has 2 aromatic carbocycles. The predicted molar refractivity (Wildman–Crippen MR) is 118 cm³/mol. The van der Waals surface area contributed by atoms with Gasteiger partial charge in [0.1, 0.15) is 17.1 Å². The van der Waals surface area contributed by atoms with E-state index in [-0.39, 0.29) is 21.4 Å². The van der Waals surface area contributed by atoms with Gasteiger partial charge in [-0.25, -0.2) is 13.4 Å². The summed E-state index contributed by atoms with van der Waals surface area (Å²) >= 11 is 11.5. The maximum absolute atomic E-state index is 13.9. The van der Waals surface area contributed by atoms with Gasteiger partial charge in [0.25, 0.3) is 11.8 Å². The molecule has 34 heavy (non-hydrogen) atoms. The first-order chi connectivity index (χ1) is 15.7. The summed E-state index contributed by atoms with van der Waals surface area (Å²) in [6, 6.07) is 7.34. The molecule has 1 amide bonds. The standard InChI is InChI=1S/C20H14Cl2F4N4O3S/c1-9-15(18(31)28-10-4-3-5-12(6-10)34(2,27)32)19(30-29-17(9)20(24,25)26)33-11-7-13(21)16(22)14(23)8-11/h3-8,27H,1-2H3,(H,28,31). The number of rotatable bonds is 5. The molecule has 0 saturated carbocycles. The third-order valence-electron chi connectivity index (χ3n) is 4.39. The molecule has 0 bridgehead atoms. The van der Waals surface area contributed by atoms with Crippen LogP contribution in [0.1, 0.15) is 21.6 Å². The van der Waals surface area contributed by atoms with Gasteiger partial charge in [-0.3, -0.25) is 4.79 Å². The van der Waals surface area contributed by atoms with Crippen LogP contribution in [0.3, 0.4) is 0 Å². The zero-order valence-electron chi connectivity index (χ0n) is 17.3. The molecule has 180 valence electrons. The number of amides is 1. The number of halogens is 6. The molecular weight excluding hydrogens is 523 g/mol. The van der Waals surface area contributed by atoms with Gasteiger partial charge in [-0.15, -0.1) is 10.2 Å². The lowest BCUT2D eigenvalue weighted by Gasteiger charge is -2.16. The molecule has 7 nitrogen and oxygen atoms in total. The minimum Gasteiger partial charge on any atom is -0.437 e. The first-order valence-electron chi connectivity index (χ1n) is 9.10. The lowest BCUT2D eigenvalue weighted by Crippen LogP contribution is -2.21. The van der Waals surface area contributed by atoms with Gasteiger partial charge in [-0.2, -0.15) is 13.2 Å². The molecule has 0 radical (unpaired) electrons. The number of nitrogens with one attached hydrogen (secondary N) is 2. The largest absolute Gasteiger partial charge is 0.437 e. The van der Waals surface area contributed by atoms with E-state index in [9.17, 15) is 26.6 Å². The highest BCUT2D eigenvalue weighted by molar-refractivity contribution is 7.91. The van der Waals surface area contributed by atoms with Crippen LogP contribution < -0.4 is 10.1 Å². The van der Waals surface area contributed by atoms with Crippen molar-refractivity contribution < 1.29 is 31.3 Å². The number of nitrogens with zero attached hydrogens (tertiary/aromatic N) is 2. The predicted octanol–water partition coefficient (Wildman–Crippen LogP) is 6.33. The second-order valence-electron chi connectivity index (χ2n) is 6.98. The van der Waals surface area contributed by atoms with Crippen LogP contribution in [0, 0.1) is 17.5 Å². The van der Waals surface area contributed by atoms with Crippen LogP contribution in [0.4, 0.5) is 23.2 Å². The average Bonchev–Trinajstić information content (AvgIpc) is 2.70. The zero-order chi connectivity index (χ0) is 25.4. The lowest BCUT2D eigenvalue weighted by molar-refractivity contribution is -0.142. The summed E-state index contributed by atoms with van der Waals surface area (Å²) in [5.41, 5.74) is -2.61.